The zero-order valence-electron chi connectivity index (χ0n) is 21.2. The van der Waals surface area contributed by atoms with Crippen LogP contribution in [-0.4, -0.2) is 46.4 Å². The van der Waals surface area contributed by atoms with Gasteiger partial charge in [0.2, 0.25) is 11.8 Å². The zero-order valence-corrected chi connectivity index (χ0v) is 21.2. The molecule has 2 heterocycles. The third kappa shape index (κ3) is 5.13. The lowest BCUT2D eigenvalue weighted by molar-refractivity contribution is -0.145. The van der Waals surface area contributed by atoms with Gasteiger partial charge in [0.25, 0.3) is 0 Å². The summed E-state index contributed by atoms with van der Waals surface area (Å²) in [5.74, 6) is 1.40. The summed E-state index contributed by atoms with van der Waals surface area (Å²) in [7, 11) is 0. The van der Waals surface area contributed by atoms with Crippen molar-refractivity contribution >= 4 is 11.8 Å². The lowest BCUT2D eigenvalue weighted by Crippen LogP contribution is -2.61. The average molecular weight is 454 g/mol. The maximum Gasteiger partial charge on any atom is 0.247 e. The van der Waals surface area contributed by atoms with Gasteiger partial charge >= 0.3 is 0 Å². The lowest BCUT2D eigenvalue weighted by atomic mass is 9.92. The fourth-order valence-electron chi connectivity index (χ4n) is 6.63. The Kier molecular flexibility index (Phi) is 7.47. The maximum absolute atomic E-state index is 14.0. The molecule has 5 nitrogen and oxygen atoms in total. The van der Waals surface area contributed by atoms with Gasteiger partial charge in [-0.25, -0.2) is 0 Å². The molecular formula is C28H43N3O2. The van der Waals surface area contributed by atoms with Gasteiger partial charge in [0.05, 0.1) is 0 Å². The van der Waals surface area contributed by atoms with Gasteiger partial charge in [-0.3, -0.25) is 9.59 Å². The molecular weight excluding hydrogens is 410 g/mol. The van der Waals surface area contributed by atoms with Crippen molar-refractivity contribution in [2.75, 3.05) is 13.1 Å². The molecule has 1 aliphatic carbocycles. The number of rotatable bonds is 7. The van der Waals surface area contributed by atoms with E-state index in [9.17, 15) is 9.59 Å². The number of nitrogens with one attached hydrogen (secondary N) is 1. The van der Waals surface area contributed by atoms with E-state index in [4.69, 9.17) is 0 Å². The van der Waals surface area contributed by atoms with Crippen LogP contribution in [0.4, 0.5) is 0 Å². The molecule has 2 amide bonds. The van der Waals surface area contributed by atoms with Crippen LogP contribution < -0.4 is 5.32 Å². The van der Waals surface area contributed by atoms with Crippen molar-refractivity contribution < 1.29 is 9.59 Å². The van der Waals surface area contributed by atoms with E-state index >= 15 is 0 Å². The summed E-state index contributed by atoms with van der Waals surface area (Å²) in [5, 5.41) is 3.47. The Bertz CT molecular complexity index is 832. The Morgan fingerprint density at radius 3 is 2.33 bits per heavy atom. The highest BCUT2D eigenvalue weighted by Crippen LogP contribution is 2.43. The van der Waals surface area contributed by atoms with Crippen molar-refractivity contribution in [1.82, 2.24) is 15.1 Å². The summed E-state index contributed by atoms with van der Waals surface area (Å²) in [6, 6.07) is 6.23. The first-order valence-electron chi connectivity index (χ1n) is 13.2. The molecule has 0 aromatic heterocycles. The highest BCUT2D eigenvalue weighted by atomic mass is 16.2. The highest BCUT2D eigenvalue weighted by molar-refractivity contribution is 5.92. The third-order valence-electron chi connectivity index (χ3n) is 8.04. The molecule has 0 radical (unpaired) electrons. The van der Waals surface area contributed by atoms with Crippen LogP contribution in [-0.2, 0) is 16.1 Å². The fraction of sp³-hybridized carbons (Fsp3) is 0.714. The van der Waals surface area contributed by atoms with Crippen LogP contribution in [0.3, 0.4) is 0 Å². The molecule has 4 rings (SSSR count). The van der Waals surface area contributed by atoms with Crippen molar-refractivity contribution in [3.8, 4) is 0 Å². The van der Waals surface area contributed by atoms with Gasteiger partial charge < -0.3 is 15.1 Å². The Labute approximate surface area is 200 Å². The molecule has 3 fully saturated rings. The van der Waals surface area contributed by atoms with Crippen LogP contribution in [0.15, 0.2) is 18.2 Å². The van der Waals surface area contributed by atoms with Gasteiger partial charge in [-0.2, -0.15) is 0 Å². The first-order valence-corrected chi connectivity index (χ1v) is 13.2. The summed E-state index contributed by atoms with van der Waals surface area (Å²) in [6.45, 7) is 10.8. The lowest BCUT2D eigenvalue weighted by Gasteiger charge is -2.47. The van der Waals surface area contributed by atoms with Crippen LogP contribution in [0, 0.1) is 25.7 Å². The monoisotopic (exact) mass is 453 g/mol. The molecule has 0 bridgehead atoms. The van der Waals surface area contributed by atoms with Gasteiger partial charge in [-0.15, -0.1) is 0 Å². The van der Waals surface area contributed by atoms with E-state index < -0.39 is 5.66 Å². The summed E-state index contributed by atoms with van der Waals surface area (Å²) in [4.78, 5) is 32.0. The number of piperidine rings is 1. The van der Waals surface area contributed by atoms with E-state index in [1.54, 1.807) is 0 Å². The predicted molar refractivity (Wildman–Crippen MR) is 133 cm³/mol. The number of hydrogen-bond acceptors (Lipinski definition) is 3. The number of aryl methyl sites for hydroxylation is 2. The summed E-state index contributed by atoms with van der Waals surface area (Å²) in [6.07, 6.45) is 9.05. The molecule has 33 heavy (non-hydrogen) atoms. The number of benzene rings is 1. The van der Waals surface area contributed by atoms with Crippen molar-refractivity contribution in [3.05, 3.63) is 34.9 Å². The SMILES string of the molecule is Cc1cc(C)cc(CN2C(=O)C(CC(C)C)N(C(=O)CCC3CCCC3)C23CCNCC3)c1. The van der Waals surface area contributed by atoms with E-state index in [1.807, 2.05) is 0 Å². The Morgan fingerprint density at radius 2 is 1.73 bits per heavy atom. The Hall–Kier alpha value is -1.88. The van der Waals surface area contributed by atoms with E-state index in [1.165, 1.54) is 42.4 Å². The minimum Gasteiger partial charge on any atom is -0.316 e. The summed E-state index contributed by atoms with van der Waals surface area (Å²) in [5.41, 5.74) is 3.12. The van der Waals surface area contributed by atoms with Gasteiger partial charge in [0, 0.05) is 25.8 Å². The van der Waals surface area contributed by atoms with E-state index in [2.05, 4.69) is 61.0 Å². The first-order chi connectivity index (χ1) is 15.8. The molecule has 2 aliphatic heterocycles. The van der Waals surface area contributed by atoms with Crippen molar-refractivity contribution in [3.63, 3.8) is 0 Å². The van der Waals surface area contributed by atoms with Crippen LogP contribution >= 0.6 is 0 Å². The molecule has 2 saturated heterocycles. The maximum atomic E-state index is 14.0. The van der Waals surface area contributed by atoms with Crippen LogP contribution in [0.1, 0.15) is 88.3 Å². The van der Waals surface area contributed by atoms with Crippen LogP contribution in [0.5, 0.6) is 0 Å². The molecule has 1 N–H and O–H groups in total. The largest absolute Gasteiger partial charge is 0.316 e. The smallest absolute Gasteiger partial charge is 0.247 e. The van der Waals surface area contributed by atoms with Crippen LogP contribution in [0.2, 0.25) is 0 Å². The second-order valence-electron chi connectivity index (χ2n) is 11.3. The number of carbonyl (C=O) groups is 2. The van der Waals surface area contributed by atoms with Gasteiger partial charge in [0.1, 0.15) is 11.7 Å². The molecule has 5 heteroatoms. The molecule has 1 atom stereocenters. The van der Waals surface area contributed by atoms with Crippen molar-refractivity contribution in [2.24, 2.45) is 11.8 Å². The molecule has 1 aromatic rings. The number of nitrogens with zero attached hydrogens (tertiary/aromatic N) is 2. The van der Waals surface area contributed by atoms with Crippen LogP contribution in [0.25, 0.3) is 0 Å². The Morgan fingerprint density at radius 1 is 1.09 bits per heavy atom. The van der Waals surface area contributed by atoms with Gasteiger partial charge in [0.15, 0.2) is 0 Å². The number of amides is 2. The molecule has 1 saturated carbocycles. The van der Waals surface area contributed by atoms with Crippen molar-refractivity contribution in [2.45, 2.75) is 104 Å². The molecule has 1 aromatic carbocycles. The minimum atomic E-state index is -0.494. The average Bonchev–Trinajstić information content (AvgIpc) is 3.34. The molecule has 182 valence electrons. The standard InChI is InChI=1S/C28H43N3O2/c1-20(2)15-25-27(33)30(19-24-17-21(3)16-22(4)18-24)28(11-13-29-14-12-28)31(25)26(32)10-9-23-7-5-6-8-23/h16-18,20,23,25,29H,5-15,19H2,1-4H3. The molecule has 3 aliphatic rings. The first kappa shape index (κ1) is 24.3. The van der Waals surface area contributed by atoms with E-state index in [-0.39, 0.29) is 17.9 Å². The van der Waals surface area contributed by atoms with E-state index in [0.29, 0.717) is 24.8 Å². The number of carbonyl (C=O) groups excluding carboxylic acids is 2. The highest BCUT2D eigenvalue weighted by Gasteiger charge is 2.58. The molecule has 1 unspecified atom stereocenters. The zero-order chi connectivity index (χ0) is 23.6. The third-order valence-corrected chi connectivity index (χ3v) is 8.04. The van der Waals surface area contributed by atoms with E-state index in [0.717, 1.165) is 38.8 Å². The second kappa shape index (κ2) is 10.2. The van der Waals surface area contributed by atoms with Gasteiger partial charge in [-0.05, 0) is 57.2 Å². The quantitative estimate of drug-likeness (QED) is 0.636. The topological polar surface area (TPSA) is 52.7 Å². The normalized spacial score (nSPS) is 23.3. The second-order valence-corrected chi connectivity index (χ2v) is 11.3. The Balaban J connectivity index is 1.66. The number of hydrogen-bond donors (Lipinski definition) is 1. The van der Waals surface area contributed by atoms with Crippen molar-refractivity contribution in [1.29, 1.82) is 0 Å². The summed E-state index contributed by atoms with van der Waals surface area (Å²) >= 11 is 0. The fourth-order valence-corrected chi connectivity index (χ4v) is 6.63. The summed E-state index contributed by atoms with van der Waals surface area (Å²) < 4.78 is 0. The predicted octanol–water partition coefficient (Wildman–Crippen LogP) is 4.94. The molecule has 1 spiro atoms. The minimum absolute atomic E-state index is 0.152. The van der Waals surface area contributed by atoms with Gasteiger partial charge in [-0.1, -0.05) is 68.9 Å².